The molecule has 768 valence electrons. The highest BCUT2D eigenvalue weighted by molar-refractivity contribution is 5.70. The minimum Gasteiger partial charge on any atom is -0.466 e. The average Bonchev–Trinajstić information content (AvgIpc) is 1.61. The molecular weight excluding hydrogens is 1620 g/mol. The fourth-order valence-electron chi connectivity index (χ4n) is 28.7. The Balaban J connectivity index is 0.000000171. The SMILES string of the molecule is CCCCCC1CC1CC1CC1CCCCCCCC(=O)OCCCC1CC1CC1CC1CC1CC1CC1CC1CC1CC1CC1CC1CC.CCCCCC1CC1CC1CC1CCCCCCCCOC(=O)CCCCCCCC1CC1CC1CC1CCCCC.CCCCCCCCC1CC1CCCCCCCCOC(=O)CCCCCCCC1CC1CC1CC1CCCCC. The Morgan fingerprint density at radius 2 is 0.286 bits per heavy atom. The van der Waals surface area contributed by atoms with E-state index in [-0.39, 0.29) is 17.9 Å². The summed E-state index contributed by atoms with van der Waals surface area (Å²) >= 11 is 0. The maximum atomic E-state index is 12.3. The van der Waals surface area contributed by atoms with Gasteiger partial charge in [0.2, 0.25) is 0 Å². The Bertz CT molecular complexity index is 3060. The quantitative estimate of drug-likeness (QED) is 0.0343. The minimum atomic E-state index is 0.0406. The molecular formula is C127H224O6. The number of ether oxygens (including phenoxy) is 3. The lowest BCUT2D eigenvalue weighted by molar-refractivity contribution is -0.144. The molecule has 0 aliphatic heterocycles. The van der Waals surface area contributed by atoms with Gasteiger partial charge in [-0.3, -0.25) is 14.4 Å². The van der Waals surface area contributed by atoms with Crippen LogP contribution in [0.3, 0.4) is 0 Å². The zero-order chi connectivity index (χ0) is 92.4. The number of carbonyl (C=O) groups is 3. The van der Waals surface area contributed by atoms with E-state index in [1.807, 2.05) is 0 Å². The van der Waals surface area contributed by atoms with Gasteiger partial charge >= 0.3 is 17.9 Å². The van der Waals surface area contributed by atoms with Crippen LogP contribution < -0.4 is 0 Å². The van der Waals surface area contributed by atoms with Gasteiger partial charge in [-0.2, -0.15) is 0 Å². The molecule has 6 heteroatoms. The van der Waals surface area contributed by atoms with Crippen molar-refractivity contribution < 1.29 is 28.6 Å². The van der Waals surface area contributed by atoms with Gasteiger partial charge in [-0.1, -0.05) is 369 Å². The van der Waals surface area contributed by atoms with Gasteiger partial charge in [-0.05, 0) is 377 Å². The Morgan fingerprint density at radius 3 is 0.504 bits per heavy atom. The lowest BCUT2D eigenvalue weighted by Crippen LogP contribution is -2.06. The summed E-state index contributed by atoms with van der Waals surface area (Å²) in [6, 6.07) is 0. The summed E-state index contributed by atoms with van der Waals surface area (Å²) in [5.74, 6) is 33.1. The first-order chi connectivity index (χ1) is 65.4. The Kier molecular flexibility index (Phi) is 50.3. The van der Waals surface area contributed by atoms with E-state index in [0.29, 0.717) is 39.1 Å². The maximum Gasteiger partial charge on any atom is 0.305 e. The molecule has 15 aliphatic carbocycles. The van der Waals surface area contributed by atoms with Crippen molar-refractivity contribution in [1.82, 2.24) is 0 Å². The van der Waals surface area contributed by atoms with Crippen LogP contribution in [0.1, 0.15) is 587 Å². The third kappa shape index (κ3) is 46.3. The van der Waals surface area contributed by atoms with Gasteiger partial charge in [0, 0.05) is 19.3 Å². The molecule has 0 aromatic heterocycles. The van der Waals surface area contributed by atoms with Gasteiger partial charge in [-0.15, -0.1) is 0 Å². The summed E-state index contributed by atoms with van der Waals surface area (Å²) in [5, 5.41) is 0. The number of carbonyl (C=O) groups excluding carboxylic acids is 3. The minimum absolute atomic E-state index is 0.0406. The first kappa shape index (κ1) is 109. The lowest BCUT2D eigenvalue weighted by Gasteiger charge is -2.06. The van der Waals surface area contributed by atoms with Crippen molar-refractivity contribution in [1.29, 1.82) is 0 Å². The molecule has 0 N–H and O–H groups in total. The summed E-state index contributed by atoms with van der Waals surface area (Å²) in [4.78, 5) is 36.3. The third-order valence-electron chi connectivity index (χ3n) is 40.0. The van der Waals surface area contributed by atoms with E-state index in [1.54, 1.807) is 116 Å². The summed E-state index contributed by atoms with van der Waals surface area (Å²) in [5.41, 5.74) is 0. The second-order valence-electron chi connectivity index (χ2n) is 52.0. The van der Waals surface area contributed by atoms with Crippen molar-refractivity contribution in [3.63, 3.8) is 0 Å². The number of esters is 3. The van der Waals surface area contributed by atoms with Crippen LogP contribution in [0.5, 0.6) is 0 Å². The average molecular weight is 1850 g/mol. The van der Waals surface area contributed by atoms with Crippen molar-refractivity contribution in [3.05, 3.63) is 0 Å². The smallest absolute Gasteiger partial charge is 0.305 e. The standard InChI is InChI=1S/C48H80O2.C40H72O2.C39H72O2/c1-3-5-9-13-33-19-37(33)23-38-20-34(38)14-10-7-6-8-11-16-48(49)50-17-12-15-35-21-39(35)24-41-26-43(41)28-45-30-47(45)31-46-29-44(46)27-42-25-40(42)22-36-18-32(36)4-2;1-3-5-14-20-32-26-36(32)30-38-28-34(38)22-16-10-7-8-13-19-25-42-40(41)24-18-12-9-11-17-23-35-29-39(35)31-37-27-33(37)21-15-6-4-2;1-3-5-7-8-12-18-24-33-29-34(33)25-19-13-9-10-16-22-28-41-39(40)27-21-15-11-14-20-26-36-31-38(36)32-37-30-35(37)23-17-6-4-2/h32-47H,3-31H2,1-2H3;32-39H,3-31H2,1-2H3;33-38H,3-32H2,1-2H3. The second kappa shape index (κ2) is 61.5. The summed E-state index contributed by atoms with van der Waals surface area (Å²) in [7, 11) is 0. The van der Waals surface area contributed by atoms with Gasteiger partial charge in [0.1, 0.15) is 0 Å². The van der Waals surface area contributed by atoms with Gasteiger partial charge in [0.15, 0.2) is 0 Å². The van der Waals surface area contributed by atoms with Crippen LogP contribution in [0, 0.1) is 178 Å². The molecule has 133 heavy (non-hydrogen) atoms. The molecule has 30 unspecified atom stereocenters. The molecule has 0 aromatic carbocycles. The van der Waals surface area contributed by atoms with Gasteiger partial charge in [-0.25, -0.2) is 0 Å². The third-order valence-corrected chi connectivity index (χ3v) is 40.0. The maximum absolute atomic E-state index is 12.3. The van der Waals surface area contributed by atoms with E-state index in [4.69, 9.17) is 14.2 Å². The number of hydrogen-bond acceptors (Lipinski definition) is 6. The number of rotatable bonds is 88. The molecule has 0 heterocycles. The van der Waals surface area contributed by atoms with E-state index in [9.17, 15) is 14.4 Å². The first-order valence-corrected chi connectivity index (χ1v) is 62.9. The van der Waals surface area contributed by atoms with E-state index in [1.165, 1.54) is 372 Å². The van der Waals surface area contributed by atoms with Crippen molar-refractivity contribution in [2.45, 2.75) is 587 Å². The topological polar surface area (TPSA) is 78.9 Å². The van der Waals surface area contributed by atoms with Crippen molar-refractivity contribution in [2.75, 3.05) is 19.8 Å². The number of hydrogen-bond donors (Lipinski definition) is 0. The molecule has 15 aliphatic rings. The highest BCUT2D eigenvalue weighted by Crippen LogP contribution is 2.64. The van der Waals surface area contributed by atoms with Crippen molar-refractivity contribution in [2.24, 2.45) is 178 Å². The highest BCUT2D eigenvalue weighted by Gasteiger charge is 2.54. The molecule has 0 aromatic rings. The molecule has 0 saturated heterocycles. The van der Waals surface area contributed by atoms with Crippen LogP contribution in [-0.2, 0) is 28.6 Å². The molecule has 30 atom stereocenters. The van der Waals surface area contributed by atoms with E-state index >= 15 is 0 Å². The first-order valence-electron chi connectivity index (χ1n) is 62.9. The highest BCUT2D eigenvalue weighted by atomic mass is 16.5. The van der Waals surface area contributed by atoms with Crippen LogP contribution in [-0.4, -0.2) is 37.7 Å². The molecule has 15 rings (SSSR count). The fraction of sp³-hybridized carbons (Fsp3) is 0.976. The van der Waals surface area contributed by atoms with Crippen molar-refractivity contribution >= 4 is 17.9 Å². The molecule has 15 saturated carbocycles. The Morgan fingerprint density at radius 1 is 0.150 bits per heavy atom. The van der Waals surface area contributed by atoms with E-state index in [2.05, 4.69) is 41.5 Å². The lowest BCUT2D eigenvalue weighted by atomic mass is 10.0. The fourth-order valence-corrected chi connectivity index (χ4v) is 28.7. The van der Waals surface area contributed by atoms with Gasteiger partial charge in [0.05, 0.1) is 19.8 Å². The van der Waals surface area contributed by atoms with Crippen LogP contribution in [0.15, 0.2) is 0 Å². The molecule has 15 fully saturated rings. The molecule has 0 radical (unpaired) electrons. The van der Waals surface area contributed by atoms with Crippen LogP contribution in [0.2, 0.25) is 0 Å². The zero-order valence-electron chi connectivity index (χ0n) is 89.5. The van der Waals surface area contributed by atoms with Crippen molar-refractivity contribution in [3.8, 4) is 0 Å². The predicted molar refractivity (Wildman–Crippen MR) is 564 cm³/mol. The second-order valence-corrected chi connectivity index (χ2v) is 52.0. The largest absolute Gasteiger partial charge is 0.466 e. The van der Waals surface area contributed by atoms with E-state index < -0.39 is 0 Å². The van der Waals surface area contributed by atoms with Crippen LogP contribution >= 0.6 is 0 Å². The molecule has 6 nitrogen and oxygen atoms in total. The molecule has 0 spiro atoms. The van der Waals surface area contributed by atoms with Gasteiger partial charge < -0.3 is 14.2 Å². The molecule has 0 bridgehead atoms. The summed E-state index contributed by atoms with van der Waals surface area (Å²) in [6.07, 6.45) is 119. The Hall–Kier alpha value is -1.59. The van der Waals surface area contributed by atoms with E-state index in [0.717, 1.165) is 216 Å². The predicted octanol–water partition coefficient (Wildman–Crippen LogP) is 38.6. The van der Waals surface area contributed by atoms with Crippen LogP contribution in [0.25, 0.3) is 0 Å². The monoisotopic (exact) mass is 1850 g/mol. The number of unbranched alkanes of at least 4 members (excludes halogenated alkanes) is 35. The zero-order valence-corrected chi connectivity index (χ0v) is 89.5. The summed E-state index contributed by atoms with van der Waals surface area (Å²) in [6.45, 7) is 15.9. The van der Waals surface area contributed by atoms with Crippen LogP contribution in [0.4, 0.5) is 0 Å². The normalized spacial score (nSPS) is 34.4. The Labute approximate surface area is 825 Å². The molecule has 0 amide bonds. The van der Waals surface area contributed by atoms with Gasteiger partial charge in [0.25, 0.3) is 0 Å². The summed E-state index contributed by atoms with van der Waals surface area (Å²) < 4.78 is 16.6.